The lowest BCUT2D eigenvalue weighted by Gasteiger charge is -2.20. The summed E-state index contributed by atoms with van der Waals surface area (Å²) in [6, 6.07) is 4.88. The molecule has 0 radical (unpaired) electrons. The second-order valence-electron chi connectivity index (χ2n) is 5.23. The van der Waals surface area contributed by atoms with Crippen LogP contribution >= 0.6 is 11.6 Å². The Labute approximate surface area is 156 Å². The molecule has 2 aromatic rings. The number of halogens is 6. The predicted octanol–water partition coefficient (Wildman–Crippen LogP) is 4.17. The van der Waals surface area contributed by atoms with Crippen LogP contribution in [0.2, 0.25) is 5.15 Å². The standard InChI is InChI=1S/C15H12ClF5N2O3S/c1-2-27(24,25)11-4-3-7-22-12(11)9-5-6-10(13(16)23-9)26-8-14(17,18)15(19,20)21/h3-7H,2,8H2,1H3. The molecule has 0 aliphatic rings. The van der Waals surface area contributed by atoms with Gasteiger partial charge in [0.25, 0.3) is 0 Å². The van der Waals surface area contributed by atoms with E-state index in [0.29, 0.717) is 0 Å². The van der Waals surface area contributed by atoms with Crippen molar-refractivity contribution in [2.75, 3.05) is 12.4 Å². The molecule has 0 atom stereocenters. The molecule has 0 saturated heterocycles. The van der Waals surface area contributed by atoms with Crippen molar-refractivity contribution in [3.63, 3.8) is 0 Å². The molecule has 0 fully saturated rings. The lowest BCUT2D eigenvalue weighted by molar-refractivity contribution is -0.290. The van der Waals surface area contributed by atoms with Crippen molar-refractivity contribution in [2.24, 2.45) is 0 Å². The van der Waals surface area contributed by atoms with E-state index in [1.807, 2.05) is 0 Å². The summed E-state index contributed by atoms with van der Waals surface area (Å²) in [7, 11) is -3.65. The lowest BCUT2D eigenvalue weighted by atomic mass is 10.2. The smallest absolute Gasteiger partial charge is 0.456 e. The normalized spacial score (nSPS) is 12.9. The molecule has 27 heavy (non-hydrogen) atoms. The Morgan fingerprint density at radius 1 is 1.15 bits per heavy atom. The van der Waals surface area contributed by atoms with Gasteiger partial charge in [0.1, 0.15) is 5.69 Å². The van der Waals surface area contributed by atoms with Crippen LogP contribution in [0.5, 0.6) is 5.75 Å². The van der Waals surface area contributed by atoms with E-state index in [1.165, 1.54) is 25.3 Å². The molecule has 2 aromatic heterocycles. The Morgan fingerprint density at radius 3 is 2.37 bits per heavy atom. The fourth-order valence-electron chi connectivity index (χ4n) is 1.90. The minimum atomic E-state index is -5.77. The number of hydrogen-bond donors (Lipinski definition) is 0. The van der Waals surface area contributed by atoms with E-state index < -0.39 is 39.4 Å². The largest absolute Gasteiger partial charge is 0.484 e. The summed E-state index contributed by atoms with van der Waals surface area (Å²) in [5, 5.41) is -0.518. The van der Waals surface area contributed by atoms with Crippen LogP contribution in [0.15, 0.2) is 35.4 Å². The van der Waals surface area contributed by atoms with E-state index in [9.17, 15) is 30.4 Å². The van der Waals surface area contributed by atoms with Crippen molar-refractivity contribution < 1.29 is 35.1 Å². The fourth-order valence-corrected chi connectivity index (χ4v) is 3.16. The van der Waals surface area contributed by atoms with Gasteiger partial charge in [-0.2, -0.15) is 22.0 Å². The zero-order valence-electron chi connectivity index (χ0n) is 13.6. The number of ether oxygens (including phenoxy) is 1. The van der Waals surface area contributed by atoms with Gasteiger partial charge in [0.05, 0.1) is 16.3 Å². The number of pyridine rings is 2. The summed E-state index contributed by atoms with van der Waals surface area (Å²) >= 11 is 5.78. The highest BCUT2D eigenvalue weighted by molar-refractivity contribution is 7.91. The van der Waals surface area contributed by atoms with E-state index in [1.54, 1.807) is 0 Å². The molecule has 12 heteroatoms. The number of alkyl halides is 5. The van der Waals surface area contributed by atoms with Gasteiger partial charge in [0, 0.05) is 6.20 Å². The summed E-state index contributed by atoms with van der Waals surface area (Å²) in [5.74, 6) is -5.79. The van der Waals surface area contributed by atoms with Gasteiger partial charge in [-0.25, -0.2) is 13.4 Å². The second kappa shape index (κ2) is 7.55. The van der Waals surface area contributed by atoms with Gasteiger partial charge >= 0.3 is 12.1 Å². The van der Waals surface area contributed by atoms with Gasteiger partial charge in [-0.1, -0.05) is 18.5 Å². The Balaban J connectivity index is 2.34. The monoisotopic (exact) mass is 430 g/mol. The predicted molar refractivity (Wildman–Crippen MR) is 86.7 cm³/mol. The molecular formula is C15H12ClF5N2O3S. The zero-order valence-corrected chi connectivity index (χ0v) is 15.2. The van der Waals surface area contributed by atoms with Crippen LogP contribution in [0, 0.1) is 0 Å². The van der Waals surface area contributed by atoms with Crippen LogP contribution in [-0.4, -0.2) is 42.8 Å². The third kappa shape index (κ3) is 4.64. The number of nitrogens with zero attached hydrogens (tertiary/aromatic N) is 2. The molecule has 0 amide bonds. The molecule has 0 spiro atoms. The minimum Gasteiger partial charge on any atom is -0.484 e. The Bertz CT molecular complexity index is 935. The first kappa shape index (κ1) is 21.3. The average molecular weight is 431 g/mol. The van der Waals surface area contributed by atoms with Crippen molar-refractivity contribution in [3.05, 3.63) is 35.6 Å². The Kier molecular flexibility index (Phi) is 5.95. The van der Waals surface area contributed by atoms with Gasteiger partial charge in [-0.15, -0.1) is 0 Å². The first-order valence-electron chi connectivity index (χ1n) is 7.31. The highest BCUT2D eigenvalue weighted by Crippen LogP contribution is 2.37. The van der Waals surface area contributed by atoms with E-state index in [4.69, 9.17) is 11.6 Å². The van der Waals surface area contributed by atoms with E-state index >= 15 is 0 Å². The van der Waals surface area contributed by atoms with Crippen molar-refractivity contribution in [2.45, 2.75) is 23.9 Å². The first-order valence-corrected chi connectivity index (χ1v) is 9.34. The summed E-state index contributed by atoms with van der Waals surface area (Å²) in [5.41, 5.74) is -0.0454. The fraction of sp³-hybridized carbons (Fsp3) is 0.333. The molecule has 2 heterocycles. The van der Waals surface area contributed by atoms with E-state index in [-0.39, 0.29) is 22.0 Å². The third-order valence-corrected chi connectivity index (χ3v) is 5.40. The topological polar surface area (TPSA) is 69.2 Å². The first-order chi connectivity index (χ1) is 12.4. The van der Waals surface area contributed by atoms with Crippen LogP contribution in [0.1, 0.15) is 6.92 Å². The summed E-state index contributed by atoms with van der Waals surface area (Å²) < 4.78 is 91.1. The maximum absolute atomic E-state index is 12.9. The minimum absolute atomic E-state index is 0.0115. The molecule has 2 rings (SSSR count). The molecule has 0 aliphatic carbocycles. The van der Waals surface area contributed by atoms with Gasteiger partial charge in [0.15, 0.2) is 27.3 Å². The Hall–Kier alpha value is -2.01. The number of sulfone groups is 1. The SMILES string of the molecule is CCS(=O)(=O)c1cccnc1-c1ccc(OCC(F)(F)C(F)(F)F)c(Cl)n1. The molecule has 0 bridgehead atoms. The zero-order chi connectivity index (χ0) is 20.5. The van der Waals surface area contributed by atoms with Crippen molar-refractivity contribution in [1.29, 1.82) is 0 Å². The van der Waals surface area contributed by atoms with Crippen molar-refractivity contribution in [1.82, 2.24) is 9.97 Å². The van der Waals surface area contributed by atoms with Crippen molar-refractivity contribution in [3.8, 4) is 17.1 Å². The Morgan fingerprint density at radius 2 is 1.81 bits per heavy atom. The van der Waals surface area contributed by atoms with Crippen LogP contribution in [0.25, 0.3) is 11.4 Å². The highest BCUT2D eigenvalue weighted by Gasteiger charge is 2.58. The maximum atomic E-state index is 12.9. The molecule has 0 saturated carbocycles. The van der Waals surface area contributed by atoms with Gasteiger partial charge < -0.3 is 4.74 Å². The van der Waals surface area contributed by atoms with E-state index in [2.05, 4.69) is 14.7 Å². The molecule has 0 aromatic carbocycles. The van der Waals surface area contributed by atoms with Gasteiger partial charge in [0.2, 0.25) is 0 Å². The number of hydrogen-bond acceptors (Lipinski definition) is 5. The summed E-state index contributed by atoms with van der Waals surface area (Å²) in [6.07, 6.45) is -4.46. The molecule has 5 nitrogen and oxygen atoms in total. The third-order valence-electron chi connectivity index (χ3n) is 3.37. The maximum Gasteiger partial charge on any atom is 0.456 e. The van der Waals surface area contributed by atoms with Crippen LogP contribution < -0.4 is 4.74 Å². The van der Waals surface area contributed by atoms with E-state index in [0.717, 1.165) is 12.1 Å². The number of rotatable bonds is 6. The van der Waals surface area contributed by atoms with Crippen molar-refractivity contribution >= 4 is 21.4 Å². The molecule has 0 unspecified atom stereocenters. The quantitative estimate of drug-likeness (QED) is 0.508. The van der Waals surface area contributed by atoms with Crippen LogP contribution in [0.3, 0.4) is 0 Å². The van der Waals surface area contributed by atoms with Crippen LogP contribution in [-0.2, 0) is 9.84 Å². The second-order valence-corrected chi connectivity index (χ2v) is 7.83. The van der Waals surface area contributed by atoms with Crippen LogP contribution in [0.4, 0.5) is 22.0 Å². The number of aromatic nitrogens is 2. The summed E-state index contributed by atoms with van der Waals surface area (Å²) in [4.78, 5) is 7.63. The lowest BCUT2D eigenvalue weighted by Crippen LogP contribution is -2.41. The molecule has 0 aliphatic heterocycles. The summed E-state index contributed by atoms with van der Waals surface area (Å²) in [6.45, 7) is -0.541. The molecule has 0 N–H and O–H groups in total. The van der Waals surface area contributed by atoms with Gasteiger partial charge in [-0.3, -0.25) is 4.98 Å². The van der Waals surface area contributed by atoms with Gasteiger partial charge in [-0.05, 0) is 24.3 Å². The average Bonchev–Trinajstić information content (AvgIpc) is 2.59. The molecular weight excluding hydrogens is 419 g/mol. The highest BCUT2D eigenvalue weighted by atomic mass is 35.5. The molecule has 148 valence electrons.